The molecule has 2 aromatic rings. The number of thiophene rings is 1. The van der Waals surface area contributed by atoms with E-state index in [1.807, 2.05) is 5.38 Å². The zero-order valence-corrected chi connectivity index (χ0v) is 18.6. The van der Waals surface area contributed by atoms with Crippen molar-refractivity contribution >= 4 is 55.3 Å². The number of rotatable bonds is 4. The molecule has 1 atom stereocenters. The van der Waals surface area contributed by atoms with Gasteiger partial charge in [-0.1, -0.05) is 38.8 Å². The second kappa shape index (κ2) is 7.79. The van der Waals surface area contributed by atoms with Crippen LogP contribution in [-0.4, -0.2) is 36.2 Å². The lowest BCUT2D eigenvalue weighted by molar-refractivity contribution is -0.120. The van der Waals surface area contributed by atoms with Crippen molar-refractivity contribution in [2.45, 2.75) is 55.7 Å². The molecule has 1 amide bonds. The van der Waals surface area contributed by atoms with Crippen LogP contribution in [0.25, 0.3) is 0 Å². The Morgan fingerprint density at radius 2 is 2.07 bits per heavy atom. The van der Waals surface area contributed by atoms with Crippen molar-refractivity contribution in [3.05, 3.63) is 27.5 Å². The topological polar surface area (TPSA) is 79.4 Å². The number of halogens is 1. The molecular weight excluding hydrogens is 426 g/mol. The van der Waals surface area contributed by atoms with Crippen LogP contribution >= 0.6 is 34.3 Å². The lowest BCUT2D eigenvalue weighted by Gasteiger charge is -2.32. The molecule has 0 aliphatic carbocycles. The number of piperidine rings is 1. The molecule has 0 saturated carbocycles. The van der Waals surface area contributed by atoms with Gasteiger partial charge >= 0.3 is 0 Å². The number of anilines is 1. The maximum absolute atomic E-state index is 13.0. The van der Waals surface area contributed by atoms with Crippen LogP contribution in [0, 0.1) is 0 Å². The summed E-state index contributed by atoms with van der Waals surface area (Å²) in [6.07, 6.45) is 2.02. The van der Waals surface area contributed by atoms with Crippen molar-refractivity contribution < 1.29 is 13.2 Å². The first kappa shape index (κ1) is 20.7. The summed E-state index contributed by atoms with van der Waals surface area (Å²) < 4.78 is 27.8. The van der Waals surface area contributed by atoms with Gasteiger partial charge in [0.2, 0.25) is 5.91 Å². The number of hydrogen-bond acceptors (Lipinski definition) is 6. The van der Waals surface area contributed by atoms with Gasteiger partial charge in [0, 0.05) is 17.3 Å². The number of carbonyl (C=O) groups is 1. The van der Waals surface area contributed by atoms with E-state index >= 15 is 0 Å². The van der Waals surface area contributed by atoms with Gasteiger partial charge in [-0.2, -0.15) is 4.31 Å². The molecular formula is C17H22ClN3O3S3. The van der Waals surface area contributed by atoms with Crippen LogP contribution in [-0.2, 0) is 20.2 Å². The maximum Gasteiger partial charge on any atom is 0.253 e. The largest absolute Gasteiger partial charge is 0.301 e. The highest BCUT2D eigenvalue weighted by molar-refractivity contribution is 7.91. The maximum atomic E-state index is 13.0. The third kappa shape index (κ3) is 4.54. The molecule has 3 rings (SSSR count). The summed E-state index contributed by atoms with van der Waals surface area (Å²) in [7, 11) is -3.76. The fourth-order valence-corrected chi connectivity index (χ4v) is 7.08. The summed E-state index contributed by atoms with van der Waals surface area (Å²) in [4.78, 5) is 17.3. The molecule has 0 aromatic carbocycles. The van der Waals surface area contributed by atoms with E-state index in [0.29, 0.717) is 22.4 Å². The highest BCUT2D eigenvalue weighted by Crippen LogP contribution is 2.32. The number of amides is 1. The van der Waals surface area contributed by atoms with E-state index in [9.17, 15) is 13.2 Å². The number of thiazole rings is 1. The molecule has 27 heavy (non-hydrogen) atoms. The lowest BCUT2D eigenvalue weighted by Crippen LogP contribution is -2.49. The Kier molecular flexibility index (Phi) is 5.98. The van der Waals surface area contributed by atoms with Crippen LogP contribution in [0.1, 0.15) is 45.7 Å². The fourth-order valence-electron chi connectivity index (χ4n) is 2.87. The second-order valence-electron chi connectivity index (χ2n) is 7.46. The smallest absolute Gasteiger partial charge is 0.253 e. The third-order valence-corrected chi connectivity index (χ3v) is 8.74. The Balaban J connectivity index is 1.81. The summed E-state index contributed by atoms with van der Waals surface area (Å²) >= 11 is 8.26. The van der Waals surface area contributed by atoms with Crippen LogP contribution in [0.2, 0.25) is 4.34 Å². The molecule has 0 radical (unpaired) electrons. The summed E-state index contributed by atoms with van der Waals surface area (Å²) in [6, 6.07) is 2.30. The standard InChI is InChI=1S/C17H22ClN3O3S3/c1-17(2,3)12-10-25-16(19-12)20-15(22)11-6-4-5-9-21(11)27(23,24)14-8-7-13(18)26-14/h7-8,10-11H,4-6,9H2,1-3H3,(H,19,20,22)/t11-/m1/s1. The fraction of sp³-hybridized carbons (Fsp3) is 0.529. The molecule has 1 fully saturated rings. The molecule has 1 N–H and O–H groups in total. The minimum absolute atomic E-state index is 0.113. The van der Waals surface area contributed by atoms with Gasteiger partial charge in [0.25, 0.3) is 10.0 Å². The molecule has 1 aliphatic rings. The van der Waals surface area contributed by atoms with E-state index in [1.165, 1.54) is 21.7 Å². The van der Waals surface area contributed by atoms with Crippen molar-refractivity contribution in [3.63, 3.8) is 0 Å². The number of nitrogens with zero attached hydrogens (tertiary/aromatic N) is 2. The SMILES string of the molecule is CC(C)(C)c1csc(NC(=O)[C@H]2CCCCN2S(=O)(=O)c2ccc(Cl)s2)n1. The van der Waals surface area contributed by atoms with Crippen molar-refractivity contribution in [1.29, 1.82) is 0 Å². The molecule has 10 heteroatoms. The average molecular weight is 448 g/mol. The summed E-state index contributed by atoms with van der Waals surface area (Å²) in [5.74, 6) is -0.337. The highest BCUT2D eigenvalue weighted by atomic mass is 35.5. The van der Waals surface area contributed by atoms with Gasteiger partial charge in [0.1, 0.15) is 10.3 Å². The molecule has 3 heterocycles. The number of carbonyl (C=O) groups excluding carboxylic acids is 1. The van der Waals surface area contributed by atoms with Crippen LogP contribution < -0.4 is 5.32 Å². The zero-order chi connectivity index (χ0) is 19.8. The van der Waals surface area contributed by atoms with E-state index < -0.39 is 16.1 Å². The Bertz CT molecular complexity index is 931. The van der Waals surface area contributed by atoms with E-state index in [4.69, 9.17) is 11.6 Å². The van der Waals surface area contributed by atoms with Gasteiger partial charge in [0.05, 0.1) is 10.0 Å². The van der Waals surface area contributed by atoms with Gasteiger partial charge in [-0.3, -0.25) is 4.79 Å². The Hall–Kier alpha value is -1.00. The molecule has 1 saturated heterocycles. The predicted molar refractivity (Wildman–Crippen MR) is 110 cm³/mol. The van der Waals surface area contributed by atoms with Crippen molar-refractivity contribution in [3.8, 4) is 0 Å². The number of hydrogen-bond donors (Lipinski definition) is 1. The summed E-state index contributed by atoms with van der Waals surface area (Å²) in [5, 5.41) is 5.21. The number of nitrogens with one attached hydrogen (secondary N) is 1. The van der Waals surface area contributed by atoms with Crippen LogP contribution in [0.4, 0.5) is 5.13 Å². The first-order valence-electron chi connectivity index (χ1n) is 8.63. The van der Waals surface area contributed by atoms with Crippen molar-refractivity contribution in [1.82, 2.24) is 9.29 Å². The zero-order valence-electron chi connectivity index (χ0n) is 15.4. The molecule has 0 spiro atoms. The summed E-state index contributed by atoms with van der Waals surface area (Å²) in [6.45, 7) is 6.47. The molecule has 1 aliphatic heterocycles. The number of aromatic nitrogens is 1. The van der Waals surface area contributed by atoms with Crippen molar-refractivity contribution in [2.75, 3.05) is 11.9 Å². The van der Waals surface area contributed by atoms with Crippen LogP contribution in [0.5, 0.6) is 0 Å². The van der Waals surface area contributed by atoms with Crippen molar-refractivity contribution in [2.24, 2.45) is 0 Å². The minimum Gasteiger partial charge on any atom is -0.301 e. The predicted octanol–water partition coefficient (Wildman–Crippen LogP) is 4.34. The molecule has 0 unspecified atom stereocenters. The number of sulfonamides is 1. The molecule has 0 bridgehead atoms. The first-order chi connectivity index (χ1) is 12.6. The average Bonchev–Trinajstić information content (AvgIpc) is 3.24. The summed E-state index contributed by atoms with van der Waals surface area (Å²) in [5.41, 5.74) is 0.780. The Morgan fingerprint density at radius 3 is 2.67 bits per heavy atom. The van der Waals surface area contributed by atoms with Gasteiger partial charge in [-0.05, 0) is 25.0 Å². The van der Waals surface area contributed by atoms with E-state index in [2.05, 4.69) is 31.1 Å². The normalized spacial score (nSPS) is 19.2. The quantitative estimate of drug-likeness (QED) is 0.756. The van der Waals surface area contributed by atoms with Gasteiger partial charge < -0.3 is 5.32 Å². The van der Waals surface area contributed by atoms with Crippen LogP contribution in [0.15, 0.2) is 21.7 Å². The first-order valence-corrected chi connectivity index (χ1v) is 12.1. The highest BCUT2D eigenvalue weighted by Gasteiger charge is 2.38. The van der Waals surface area contributed by atoms with E-state index in [-0.39, 0.29) is 15.5 Å². The Morgan fingerprint density at radius 1 is 1.33 bits per heavy atom. The van der Waals surface area contributed by atoms with Gasteiger partial charge in [-0.15, -0.1) is 22.7 Å². The molecule has 2 aromatic heterocycles. The van der Waals surface area contributed by atoms with Gasteiger partial charge in [0.15, 0.2) is 5.13 Å². The molecule has 148 valence electrons. The molecule has 6 nitrogen and oxygen atoms in total. The minimum atomic E-state index is -3.76. The lowest BCUT2D eigenvalue weighted by atomic mass is 9.93. The van der Waals surface area contributed by atoms with E-state index in [1.54, 1.807) is 6.07 Å². The monoisotopic (exact) mass is 447 g/mol. The Labute approximate surface area is 172 Å². The van der Waals surface area contributed by atoms with E-state index in [0.717, 1.165) is 29.9 Å². The second-order valence-corrected chi connectivity index (χ2v) is 12.2. The van der Waals surface area contributed by atoms with Crippen LogP contribution in [0.3, 0.4) is 0 Å². The third-order valence-electron chi connectivity index (χ3n) is 4.37. The van der Waals surface area contributed by atoms with Gasteiger partial charge in [-0.25, -0.2) is 13.4 Å².